The van der Waals surface area contributed by atoms with Crippen LogP contribution in [0, 0.1) is 5.92 Å². The van der Waals surface area contributed by atoms with Gasteiger partial charge in [-0.05, 0) is 38.1 Å². The highest BCUT2D eigenvalue weighted by Gasteiger charge is 2.24. The van der Waals surface area contributed by atoms with Crippen LogP contribution >= 0.6 is 0 Å². The zero-order valence-corrected chi connectivity index (χ0v) is 12.1. The maximum absolute atomic E-state index is 5.58. The van der Waals surface area contributed by atoms with E-state index < -0.39 is 0 Å². The van der Waals surface area contributed by atoms with Gasteiger partial charge < -0.3 is 19.2 Å². The molecule has 0 spiro atoms. The molecule has 1 N–H and O–H groups in total. The molecule has 0 aliphatic carbocycles. The van der Waals surface area contributed by atoms with Crippen molar-refractivity contribution < 1.29 is 4.42 Å². The number of hydrogen-bond donors (Lipinski definition) is 1. The topological polar surface area (TPSA) is 46.2 Å². The van der Waals surface area contributed by atoms with E-state index in [1.165, 1.54) is 19.5 Å². The number of furan rings is 1. The van der Waals surface area contributed by atoms with Crippen molar-refractivity contribution in [3.8, 4) is 0 Å². The molecule has 3 rings (SSSR count). The van der Waals surface area contributed by atoms with E-state index in [9.17, 15) is 0 Å². The van der Waals surface area contributed by atoms with Gasteiger partial charge in [0, 0.05) is 32.5 Å². The summed E-state index contributed by atoms with van der Waals surface area (Å²) < 4.78 is 7.63. The Labute approximate surface area is 119 Å². The first-order chi connectivity index (χ1) is 9.74. The molecule has 1 aliphatic heterocycles. The standard InChI is InChI=1S/C15H22N4O/c1-18-7-5-12(11-18)10-17-14(13-4-3-9-20-13)15-16-6-8-19(15)2/h3-4,6,8-9,12,14,17H,5,7,10-11H2,1-2H3. The van der Waals surface area contributed by atoms with Crippen LogP contribution in [0.15, 0.2) is 35.2 Å². The quantitative estimate of drug-likeness (QED) is 0.900. The van der Waals surface area contributed by atoms with Crippen molar-refractivity contribution in [1.82, 2.24) is 19.8 Å². The summed E-state index contributed by atoms with van der Waals surface area (Å²) in [4.78, 5) is 6.85. The highest BCUT2D eigenvalue weighted by atomic mass is 16.3. The first kappa shape index (κ1) is 13.4. The number of nitrogens with zero attached hydrogens (tertiary/aromatic N) is 3. The molecule has 1 aliphatic rings. The van der Waals surface area contributed by atoms with Crippen molar-refractivity contribution >= 4 is 0 Å². The van der Waals surface area contributed by atoms with E-state index in [4.69, 9.17) is 4.42 Å². The summed E-state index contributed by atoms with van der Waals surface area (Å²) >= 11 is 0. The Balaban J connectivity index is 1.72. The number of aromatic nitrogens is 2. The monoisotopic (exact) mass is 274 g/mol. The highest BCUT2D eigenvalue weighted by Crippen LogP contribution is 2.22. The Morgan fingerprint density at radius 3 is 3.00 bits per heavy atom. The first-order valence-corrected chi connectivity index (χ1v) is 7.16. The summed E-state index contributed by atoms with van der Waals surface area (Å²) in [7, 11) is 4.20. The molecular weight excluding hydrogens is 252 g/mol. The molecule has 2 atom stereocenters. The molecule has 2 aromatic heterocycles. The Bertz CT molecular complexity index is 534. The van der Waals surface area contributed by atoms with Gasteiger partial charge in [0.15, 0.2) is 0 Å². The van der Waals surface area contributed by atoms with Gasteiger partial charge in [0.05, 0.1) is 6.26 Å². The summed E-state index contributed by atoms with van der Waals surface area (Å²) in [5.41, 5.74) is 0. The summed E-state index contributed by atoms with van der Waals surface area (Å²) in [6, 6.07) is 3.96. The third-order valence-electron chi connectivity index (χ3n) is 4.04. The number of nitrogens with one attached hydrogen (secondary N) is 1. The third-order valence-corrected chi connectivity index (χ3v) is 4.04. The normalized spacial score (nSPS) is 21.4. The van der Waals surface area contributed by atoms with E-state index in [0.717, 1.165) is 18.1 Å². The zero-order chi connectivity index (χ0) is 13.9. The molecule has 1 saturated heterocycles. The molecule has 2 unspecified atom stereocenters. The Morgan fingerprint density at radius 1 is 1.50 bits per heavy atom. The lowest BCUT2D eigenvalue weighted by molar-refractivity contribution is 0.369. The third kappa shape index (κ3) is 2.78. The maximum atomic E-state index is 5.58. The largest absolute Gasteiger partial charge is 0.467 e. The SMILES string of the molecule is CN1CCC(CNC(c2ccco2)c2nccn2C)C1. The van der Waals surface area contributed by atoms with E-state index in [0.29, 0.717) is 5.92 Å². The van der Waals surface area contributed by atoms with Crippen LogP contribution in [0.25, 0.3) is 0 Å². The fourth-order valence-electron chi connectivity index (χ4n) is 2.91. The summed E-state index contributed by atoms with van der Waals surface area (Å²) in [5, 5.41) is 3.62. The molecule has 5 nitrogen and oxygen atoms in total. The predicted molar refractivity (Wildman–Crippen MR) is 77.4 cm³/mol. The van der Waals surface area contributed by atoms with Gasteiger partial charge in [-0.2, -0.15) is 0 Å². The van der Waals surface area contributed by atoms with Gasteiger partial charge in [0.25, 0.3) is 0 Å². The van der Waals surface area contributed by atoms with Crippen LogP contribution in [-0.2, 0) is 7.05 Å². The van der Waals surface area contributed by atoms with Crippen LogP contribution in [0.3, 0.4) is 0 Å². The van der Waals surface area contributed by atoms with Crippen LogP contribution in [0.2, 0.25) is 0 Å². The fourth-order valence-corrected chi connectivity index (χ4v) is 2.91. The molecule has 108 valence electrons. The molecule has 20 heavy (non-hydrogen) atoms. The fraction of sp³-hybridized carbons (Fsp3) is 0.533. The van der Waals surface area contributed by atoms with Crippen LogP contribution in [0.4, 0.5) is 0 Å². The van der Waals surface area contributed by atoms with Crippen molar-refractivity contribution in [3.05, 3.63) is 42.4 Å². The van der Waals surface area contributed by atoms with E-state index in [1.807, 2.05) is 36.1 Å². The van der Waals surface area contributed by atoms with Crippen molar-refractivity contribution in [1.29, 1.82) is 0 Å². The van der Waals surface area contributed by atoms with Crippen molar-refractivity contribution in [3.63, 3.8) is 0 Å². The molecule has 2 aromatic rings. The van der Waals surface area contributed by atoms with Gasteiger partial charge >= 0.3 is 0 Å². The average Bonchev–Trinajstić information content (AvgIpc) is 3.14. The molecular formula is C15H22N4O. The molecule has 0 aromatic carbocycles. The average molecular weight is 274 g/mol. The second-order valence-electron chi connectivity index (χ2n) is 5.67. The number of likely N-dealkylation sites (tertiary alicyclic amines) is 1. The van der Waals surface area contributed by atoms with E-state index in [2.05, 4.69) is 22.2 Å². The molecule has 0 bridgehead atoms. The van der Waals surface area contributed by atoms with Gasteiger partial charge in [0.1, 0.15) is 17.6 Å². The lowest BCUT2D eigenvalue weighted by atomic mass is 10.1. The van der Waals surface area contributed by atoms with Crippen molar-refractivity contribution in [2.24, 2.45) is 13.0 Å². The van der Waals surface area contributed by atoms with E-state index in [1.54, 1.807) is 6.26 Å². The Morgan fingerprint density at radius 2 is 2.40 bits per heavy atom. The van der Waals surface area contributed by atoms with Gasteiger partial charge in [-0.1, -0.05) is 0 Å². The first-order valence-electron chi connectivity index (χ1n) is 7.16. The molecule has 0 amide bonds. The summed E-state index contributed by atoms with van der Waals surface area (Å²) in [6.45, 7) is 3.35. The Kier molecular flexibility index (Phi) is 3.89. The molecule has 1 fully saturated rings. The zero-order valence-electron chi connectivity index (χ0n) is 12.1. The minimum atomic E-state index is 0.0240. The van der Waals surface area contributed by atoms with Crippen LogP contribution in [0.5, 0.6) is 0 Å². The van der Waals surface area contributed by atoms with E-state index in [-0.39, 0.29) is 6.04 Å². The van der Waals surface area contributed by atoms with Crippen molar-refractivity contribution in [2.75, 3.05) is 26.7 Å². The highest BCUT2D eigenvalue weighted by molar-refractivity contribution is 5.15. The molecule has 0 radical (unpaired) electrons. The number of hydrogen-bond acceptors (Lipinski definition) is 4. The van der Waals surface area contributed by atoms with Gasteiger partial charge in [-0.25, -0.2) is 4.98 Å². The molecule has 5 heteroatoms. The van der Waals surface area contributed by atoms with Gasteiger partial charge in [-0.3, -0.25) is 0 Å². The smallest absolute Gasteiger partial charge is 0.133 e. The lowest BCUT2D eigenvalue weighted by Gasteiger charge is -2.19. The van der Waals surface area contributed by atoms with E-state index >= 15 is 0 Å². The van der Waals surface area contributed by atoms with Crippen LogP contribution < -0.4 is 5.32 Å². The summed E-state index contributed by atoms with van der Waals surface area (Å²) in [5.74, 6) is 2.62. The number of aryl methyl sites for hydroxylation is 1. The summed E-state index contributed by atoms with van der Waals surface area (Å²) in [6.07, 6.45) is 6.78. The maximum Gasteiger partial charge on any atom is 0.133 e. The molecule has 0 saturated carbocycles. The van der Waals surface area contributed by atoms with Crippen LogP contribution in [-0.4, -0.2) is 41.1 Å². The second kappa shape index (κ2) is 5.81. The lowest BCUT2D eigenvalue weighted by Crippen LogP contribution is -2.30. The van der Waals surface area contributed by atoms with Crippen molar-refractivity contribution in [2.45, 2.75) is 12.5 Å². The number of rotatable bonds is 5. The predicted octanol–water partition coefficient (Wildman–Crippen LogP) is 1.64. The van der Waals surface area contributed by atoms with Gasteiger partial charge in [0.2, 0.25) is 0 Å². The minimum Gasteiger partial charge on any atom is -0.467 e. The minimum absolute atomic E-state index is 0.0240. The second-order valence-corrected chi connectivity index (χ2v) is 5.67. The Hall–Kier alpha value is -1.59. The van der Waals surface area contributed by atoms with Crippen LogP contribution in [0.1, 0.15) is 24.0 Å². The van der Waals surface area contributed by atoms with Gasteiger partial charge in [-0.15, -0.1) is 0 Å². The number of imidazole rings is 1. The molecule has 3 heterocycles.